The summed E-state index contributed by atoms with van der Waals surface area (Å²) in [6, 6.07) is 7.73. The number of halogens is 2. The molecule has 3 N–H and O–H groups in total. The van der Waals surface area contributed by atoms with Gasteiger partial charge in [-0.1, -0.05) is 5.16 Å². The number of hydrogen-bond donors (Lipinski definition) is 2. The van der Waals surface area contributed by atoms with E-state index in [4.69, 9.17) is 10.3 Å². The Morgan fingerprint density at radius 1 is 1.00 bits per heavy atom. The number of rotatable bonds is 2. The predicted octanol–water partition coefficient (Wildman–Crippen LogP) is 2.97. The fourth-order valence-corrected chi connectivity index (χ4v) is 1.78. The summed E-state index contributed by atoms with van der Waals surface area (Å²) >= 11 is 0. The van der Waals surface area contributed by atoms with E-state index in [-0.39, 0.29) is 28.7 Å². The van der Waals surface area contributed by atoms with Crippen molar-refractivity contribution in [3.8, 4) is 28.6 Å². The Balaban J connectivity index is 1.99. The van der Waals surface area contributed by atoms with Gasteiger partial charge in [-0.3, -0.25) is 0 Å². The molecule has 7 heteroatoms. The largest absolute Gasteiger partial charge is 0.506 e. The third-order valence-corrected chi connectivity index (χ3v) is 2.88. The van der Waals surface area contributed by atoms with Crippen LogP contribution in [0.3, 0.4) is 0 Å². The van der Waals surface area contributed by atoms with E-state index >= 15 is 0 Å². The highest BCUT2D eigenvalue weighted by molar-refractivity contribution is 5.66. The van der Waals surface area contributed by atoms with Crippen LogP contribution in [0.5, 0.6) is 5.75 Å². The minimum Gasteiger partial charge on any atom is -0.506 e. The van der Waals surface area contributed by atoms with Crippen LogP contribution in [0, 0.1) is 11.6 Å². The molecule has 2 aromatic carbocycles. The van der Waals surface area contributed by atoms with Crippen molar-refractivity contribution in [1.82, 2.24) is 10.1 Å². The second-order valence-electron chi connectivity index (χ2n) is 4.33. The number of nitrogens with zero attached hydrogens (tertiary/aromatic N) is 2. The molecule has 5 nitrogen and oxygen atoms in total. The highest BCUT2D eigenvalue weighted by atomic mass is 19.2. The summed E-state index contributed by atoms with van der Waals surface area (Å²) in [6.45, 7) is 0. The lowest BCUT2D eigenvalue weighted by atomic mass is 10.2. The van der Waals surface area contributed by atoms with Crippen LogP contribution < -0.4 is 5.73 Å². The lowest BCUT2D eigenvalue weighted by Crippen LogP contribution is -1.88. The van der Waals surface area contributed by atoms with E-state index in [1.165, 1.54) is 18.2 Å². The molecule has 3 rings (SSSR count). The van der Waals surface area contributed by atoms with Crippen LogP contribution in [0.15, 0.2) is 40.9 Å². The highest BCUT2D eigenvalue weighted by Crippen LogP contribution is 2.28. The van der Waals surface area contributed by atoms with Crippen molar-refractivity contribution in [2.75, 3.05) is 5.73 Å². The van der Waals surface area contributed by atoms with Gasteiger partial charge < -0.3 is 15.4 Å². The van der Waals surface area contributed by atoms with Gasteiger partial charge >= 0.3 is 0 Å². The topological polar surface area (TPSA) is 85.2 Å². The summed E-state index contributed by atoms with van der Waals surface area (Å²) in [5.74, 6) is -1.72. The second-order valence-corrected chi connectivity index (χ2v) is 4.33. The first-order valence-electron chi connectivity index (χ1n) is 5.92. The zero-order valence-corrected chi connectivity index (χ0v) is 10.5. The van der Waals surface area contributed by atoms with Gasteiger partial charge in [0.2, 0.25) is 5.82 Å². The standard InChI is InChI=1S/C14H9F2N3O2/c15-9-3-1-7(5-10(9)16)13-18-14(21-19-13)8-2-4-12(20)11(17)6-8/h1-6,20H,17H2. The molecule has 0 saturated heterocycles. The summed E-state index contributed by atoms with van der Waals surface area (Å²) in [4.78, 5) is 4.09. The third-order valence-electron chi connectivity index (χ3n) is 2.88. The fraction of sp³-hybridized carbons (Fsp3) is 0. The number of benzene rings is 2. The Kier molecular flexibility index (Phi) is 3.02. The zero-order chi connectivity index (χ0) is 15.0. The number of phenols is 1. The molecule has 0 aliphatic heterocycles. The Morgan fingerprint density at radius 3 is 2.48 bits per heavy atom. The molecule has 106 valence electrons. The van der Waals surface area contributed by atoms with E-state index in [9.17, 15) is 13.9 Å². The zero-order valence-electron chi connectivity index (χ0n) is 10.5. The Morgan fingerprint density at radius 2 is 1.76 bits per heavy atom. The summed E-state index contributed by atoms with van der Waals surface area (Å²) < 4.78 is 31.1. The highest BCUT2D eigenvalue weighted by Gasteiger charge is 2.13. The number of anilines is 1. The Labute approximate surface area is 117 Å². The molecule has 0 fully saturated rings. The maximum Gasteiger partial charge on any atom is 0.258 e. The average Bonchev–Trinajstić information content (AvgIpc) is 2.94. The lowest BCUT2D eigenvalue weighted by molar-refractivity contribution is 0.432. The van der Waals surface area contributed by atoms with Gasteiger partial charge in [0.05, 0.1) is 5.69 Å². The smallest absolute Gasteiger partial charge is 0.258 e. The van der Waals surface area contributed by atoms with Crippen LogP contribution in [-0.4, -0.2) is 15.2 Å². The van der Waals surface area contributed by atoms with Gasteiger partial charge in [0, 0.05) is 11.1 Å². The number of aromatic nitrogens is 2. The Bertz CT molecular complexity index is 752. The molecule has 1 aromatic heterocycles. The number of phenolic OH excluding ortho intramolecular Hbond substituents is 1. The van der Waals surface area contributed by atoms with Gasteiger partial charge in [0.15, 0.2) is 11.6 Å². The minimum atomic E-state index is -0.993. The van der Waals surface area contributed by atoms with E-state index in [0.717, 1.165) is 12.1 Å². The molecule has 0 saturated carbocycles. The van der Waals surface area contributed by atoms with Gasteiger partial charge in [0.1, 0.15) is 5.75 Å². The first-order valence-corrected chi connectivity index (χ1v) is 5.92. The molecule has 3 aromatic rings. The molecule has 0 radical (unpaired) electrons. The summed E-state index contributed by atoms with van der Waals surface area (Å²) in [5, 5.41) is 13.1. The van der Waals surface area contributed by atoms with Crippen LogP contribution in [0.2, 0.25) is 0 Å². The number of hydrogen-bond acceptors (Lipinski definition) is 5. The molecular formula is C14H9F2N3O2. The van der Waals surface area contributed by atoms with Crippen LogP contribution in [0.4, 0.5) is 14.5 Å². The molecule has 0 aliphatic carbocycles. The van der Waals surface area contributed by atoms with Crippen molar-refractivity contribution in [1.29, 1.82) is 0 Å². The van der Waals surface area contributed by atoms with Crippen LogP contribution in [0.25, 0.3) is 22.8 Å². The van der Waals surface area contributed by atoms with Crippen molar-refractivity contribution in [3.63, 3.8) is 0 Å². The molecular weight excluding hydrogens is 280 g/mol. The normalized spacial score (nSPS) is 10.8. The fourth-order valence-electron chi connectivity index (χ4n) is 1.78. The number of nitrogens with two attached hydrogens (primary N) is 1. The van der Waals surface area contributed by atoms with Gasteiger partial charge in [-0.25, -0.2) is 8.78 Å². The van der Waals surface area contributed by atoms with Crippen LogP contribution in [0.1, 0.15) is 0 Å². The summed E-state index contributed by atoms with van der Waals surface area (Å²) in [5.41, 5.74) is 6.54. The maximum absolute atomic E-state index is 13.2. The minimum absolute atomic E-state index is 0.0564. The molecule has 0 amide bonds. The molecule has 0 bridgehead atoms. The summed E-state index contributed by atoms with van der Waals surface area (Å²) in [7, 11) is 0. The van der Waals surface area contributed by atoms with Crippen LogP contribution >= 0.6 is 0 Å². The van der Waals surface area contributed by atoms with Gasteiger partial charge in [-0.2, -0.15) is 4.98 Å². The lowest BCUT2D eigenvalue weighted by Gasteiger charge is -1.99. The summed E-state index contributed by atoms with van der Waals surface area (Å²) in [6.07, 6.45) is 0. The number of aromatic hydroxyl groups is 1. The molecule has 0 spiro atoms. The van der Waals surface area contributed by atoms with E-state index < -0.39 is 11.6 Å². The maximum atomic E-state index is 13.2. The van der Waals surface area contributed by atoms with Crippen LogP contribution in [-0.2, 0) is 0 Å². The van der Waals surface area contributed by atoms with Crippen molar-refractivity contribution in [3.05, 3.63) is 48.0 Å². The van der Waals surface area contributed by atoms with Gasteiger partial charge in [0.25, 0.3) is 5.89 Å². The SMILES string of the molecule is Nc1cc(-c2nc(-c3ccc(F)c(F)c3)no2)ccc1O. The first kappa shape index (κ1) is 13.0. The molecule has 0 unspecified atom stereocenters. The van der Waals surface area contributed by atoms with E-state index in [2.05, 4.69) is 10.1 Å². The third kappa shape index (κ3) is 2.40. The molecule has 21 heavy (non-hydrogen) atoms. The van der Waals surface area contributed by atoms with Crippen molar-refractivity contribution in [2.45, 2.75) is 0 Å². The monoisotopic (exact) mass is 289 g/mol. The number of nitrogen functional groups attached to an aromatic ring is 1. The first-order chi connectivity index (χ1) is 10.0. The molecule has 0 aliphatic rings. The van der Waals surface area contributed by atoms with E-state index in [1.807, 2.05) is 0 Å². The van der Waals surface area contributed by atoms with Crippen molar-refractivity contribution >= 4 is 5.69 Å². The predicted molar refractivity (Wildman–Crippen MR) is 71.2 cm³/mol. The van der Waals surface area contributed by atoms with Gasteiger partial charge in [-0.05, 0) is 36.4 Å². The van der Waals surface area contributed by atoms with Gasteiger partial charge in [-0.15, -0.1) is 0 Å². The second kappa shape index (κ2) is 4.86. The van der Waals surface area contributed by atoms with Crippen molar-refractivity contribution < 1.29 is 18.4 Å². The van der Waals surface area contributed by atoms with E-state index in [0.29, 0.717) is 5.56 Å². The molecule has 1 heterocycles. The van der Waals surface area contributed by atoms with E-state index in [1.54, 1.807) is 6.07 Å². The quantitative estimate of drug-likeness (QED) is 0.559. The molecule has 0 atom stereocenters. The van der Waals surface area contributed by atoms with Crippen molar-refractivity contribution in [2.24, 2.45) is 0 Å². The Hall–Kier alpha value is -2.96. The average molecular weight is 289 g/mol.